The summed E-state index contributed by atoms with van der Waals surface area (Å²) in [6.45, 7) is 7.63. The van der Waals surface area contributed by atoms with E-state index in [1.54, 1.807) is 26.8 Å². The lowest BCUT2D eigenvalue weighted by molar-refractivity contribution is -0.125. The van der Waals surface area contributed by atoms with Crippen molar-refractivity contribution >= 4 is 21.9 Å². The van der Waals surface area contributed by atoms with Crippen LogP contribution in [0.2, 0.25) is 0 Å². The van der Waals surface area contributed by atoms with Crippen LogP contribution in [0.15, 0.2) is 23.1 Å². The minimum Gasteiger partial charge on any atom is -0.452 e. The highest BCUT2D eigenvalue weighted by Gasteiger charge is 2.25. The van der Waals surface area contributed by atoms with Gasteiger partial charge in [-0.3, -0.25) is 4.79 Å². The molecule has 0 saturated heterocycles. The number of ether oxygens (including phenoxy) is 1. The van der Waals surface area contributed by atoms with Crippen molar-refractivity contribution < 1.29 is 22.7 Å². The largest absolute Gasteiger partial charge is 0.452 e. The first kappa shape index (κ1) is 23.3. The Labute approximate surface area is 173 Å². The summed E-state index contributed by atoms with van der Waals surface area (Å²) in [6, 6.07) is 4.50. The Morgan fingerprint density at radius 2 is 1.83 bits per heavy atom. The molecule has 1 aliphatic carbocycles. The maximum absolute atomic E-state index is 12.7. The Hall–Kier alpha value is -1.93. The van der Waals surface area contributed by atoms with E-state index in [1.807, 2.05) is 0 Å². The van der Waals surface area contributed by atoms with E-state index in [9.17, 15) is 18.0 Å². The summed E-state index contributed by atoms with van der Waals surface area (Å²) >= 11 is 0. The maximum Gasteiger partial charge on any atom is 0.338 e. The van der Waals surface area contributed by atoms with Crippen LogP contribution in [0.4, 0.5) is 0 Å². The smallest absolute Gasteiger partial charge is 0.338 e. The van der Waals surface area contributed by atoms with Crippen LogP contribution in [0.25, 0.3) is 0 Å². The summed E-state index contributed by atoms with van der Waals surface area (Å²) in [5, 5.41) is 2.94. The fraction of sp³-hybridized carbons (Fsp3) is 0.619. The minimum atomic E-state index is -3.68. The fourth-order valence-electron chi connectivity index (χ4n) is 3.68. The van der Waals surface area contributed by atoms with Crippen LogP contribution in [0.1, 0.15) is 62.4 Å². The lowest BCUT2D eigenvalue weighted by Gasteiger charge is -2.29. The number of sulfonamides is 1. The third-order valence-electron chi connectivity index (χ3n) is 5.56. The molecule has 1 saturated carbocycles. The quantitative estimate of drug-likeness (QED) is 0.648. The van der Waals surface area contributed by atoms with Crippen LogP contribution >= 0.6 is 0 Å². The van der Waals surface area contributed by atoms with Gasteiger partial charge in [0, 0.05) is 19.1 Å². The van der Waals surface area contributed by atoms with Crippen molar-refractivity contribution in [3.63, 3.8) is 0 Å². The highest BCUT2D eigenvalue weighted by Crippen LogP contribution is 2.24. The molecule has 8 heteroatoms. The molecule has 1 amide bonds. The number of carbonyl (C=O) groups excluding carboxylic acids is 2. The Balaban J connectivity index is 2.06. The number of benzene rings is 1. The fourth-order valence-corrected chi connectivity index (χ4v) is 5.17. The molecular weight excluding hydrogens is 392 g/mol. The Bertz CT molecular complexity index is 833. The lowest BCUT2D eigenvalue weighted by atomic mass is 9.86. The monoisotopic (exact) mass is 424 g/mol. The number of esters is 1. The number of aryl methyl sites for hydroxylation is 1. The summed E-state index contributed by atoms with van der Waals surface area (Å²) in [5.41, 5.74) is 0.742. The second-order valence-corrected chi connectivity index (χ2v) is 9.52. The average molecular weight is 425 g/mol. The van der Waals surface area contributed by atoms with Crippen LogP contribution in [0.5, 0.6) is 0 Å². The summed E-state index contributed by atoms with van der Waals surface area (Å²) in [5.74, 6) is -0.625. The highest BCUT2D eigenvalue weighted by molar-refractivity contribution is 7.89. The van der Waals surface area contributed by atoms with E-state index in [2.05, 4.69) is 12.2 Å². The van der Waals surface area contributed by atoms with Gasteiger partial charge in [-0.1, -0.05) is 39.7 Å². The maximum atomic E-state index is 12.7. The number of hydrogen-bond donors (Lipinski definition) is 1. The average Bonchev–Trinajstić information content (AvgIpc) is 2.69. The molecule has 0 spiro atoms. The van der Waals surface area contributed by atoms with Crippen molar-refractivity contribution in [2.45, 2.75) is 64.3 Å². The van der Waals surface area contributed by atoms with Gasteiger partial charge < -0.3 is 10.1 Å². The van der Waals surface area contributed by atoms with Gasteiger partial charge in [0.25, 0.3) is 5.91 Å². The predicted octanol–water partition coefficient (Wildman–Crippen LogP) is 2.88. The van der Waals surface area contributed by atoms with E-state index < -0.39 is 16.0 Å². The zero-order chi connectivity index (χ0) is 21.6. The second kappa shape index (κ2) is 10.2. The van der Waals surface area contributed by atoms with E-state index in [0.29, 0.717) is 24.6 Å². The van der Waals surface area contributed by atoms with Crippen molar-refractivity contribution in [3.8, 4) is 0 Å². The highest BCUT2D eigenvalue weighted by atomic mass is 32.2. The standard InChI is InChI=1S/C21H32N2O5S/c1-5-23(6-2)29(26,27)17-12-11-15(3)18(13-17)21(25)28-14-20(24)22-19-10-8-7-9-16(19)4/h11-13,16,19H,5-10,14H2,1-4H3,(H,22,24)/t16-,19-/m1/s1. The van der Waals surface area contributed by atoms with E-state index >= 15 is 0 Å². The van der Waals surface area contributed by atoms with Gasteiger partial charge in [-0.15, -0.1) is 0 Å². The molecule has 7 nitrogen and oxygen atoms in total. The van der Waals surface area contributed by atoms with Gasteiger partial charge in [-0.05, 0) is 43.4 Å². The molecule has 2 atom stereocenters. The Morgan fingerprint density at radius 1 is 1.17 bits per heavy atom. The predicted molar refractivity (Wildman–Crippen MR) is 111 cm³/mol. The summed E-state index contributed by atoms with van der Waals surface area (Å²) in [7, 11) is -3.68. The van der Waals surface area contributed by atoms with Crippen molar-refractivity contribution in [2.24, 2.45) is 5.92 Å². The van der Waals surface area contributed by atoms with Crippen LogP contribution < -0.4 is 5.32 Å². The van der Waals surface area contributed by atoms with E-state index in [4.69, 9.17) is 4.74 Å². The van der Waals surface area contributed by atoms with E-state index in [1.165, 1.54) is 22.9 Å². The van der Waals surface area contributed by atoms with Gasteiger partial charge in [0.15, 0.2) is 6.61 Å². The van der Waals surface area contributed by atoms with Crippen LogP contribution in [0.3, 0.4) is 0 Å². The number of hydrogen-bond acceptors (Lipinski definition) is 5. The van der Waals surface area contributed by atoms with Gasteiger partial charge in [0.05, 0.1) is 10.5 Å². The zero-order valence-electron chi connectivity index (χ0n) is 17.7. The van der Waals surface area contributed by atoms with Gasteiger partial charge >= 0.3 is 5.97 Å². The van der Waals surface area contributed by atoms with E-state index in [0.717, 1.165) is 19.3 Å². The van der Waals surface area contributed by atoms with Crippen LogP contribution in [-0.2, 0) is 19.6 Å². The van der Waals surface area contributed by atoms with Gasteiger partial charge in [-0.2, -0.15) is 4.31 Å². The van der Waals surface area contributed by atoms with Gasteiger partial charge in [-0.25, -0.2) is 13.2 Å². The molecule has 0 heterocycles. The Morgan fingerprint density at radius 3 is 2.45 bits per heavy atom. The first-order valence-electron chi connectivity index (χ1n) is 10.3. The number of nitrogens with zero attached hydrogens (tertiary/aromatic N) is 1. The van der Waals surface area contributed by atoms with Crippen molar-refractivity contribution in [1.82, 2.24) is 9.62 Å². The molecular formula is C21H32N2O5S. The van der Waals surface area contributed by atoms with Crippen molar-refractivity contribution in [3.05, 3.63) is 29.3 Å². The zero-order valence-corrected chi connectivity index (χ0v) is 18.5. The van der Waals surface area contributed by atoms with Crippen molar-refractivity contribution in [2.75, 3.05) is 19.7 Å². The number of rotatable bonds is 8. The molecule has 0 radical (unpaired) electrons. The Kier molecular flexibility index (Phi) is 8.22. The molecule has 0 bridgehead atoms. The molecule has 2 rings (SSSR count). The molecule has 0 unspecified atom stereocenters. The molecule has 1 fully saturated rings. The van der Waals surface area contributed by atoms with E-state index in [-0.39, 0.29) is 29.0 Å². The van der Waals surface area contributed by atoms with Crippen LogP contribution in [-0.4, -0.2) is 50.3 Å². The molecule has 1 aliphatic rings. The third kappa shape index (κ3) is 5.79. The first-order chi connectivity index (χ1) is 13.7. The third-order valence-corrected chi connectivity index (χ3v) is 7.61. The summed E-state index contributed by atoms with van der Waals surface area (Å²) in [4.78, 5) is 24.7. The molecule has 162 valence electrons. The molecule has 1 aromatic rings. The summed E-state index contributed by atoms with van der Waals surface area (Å²) < 4.78 is 31.9. The van der Waals surface area contributed by atoms with Crippen LogP contribution in [0, 0.1) is 12.8 Å². The summed E-state index contributed by atoms with van der Waals surface area (Å²) in [6.07, 6.45) is 4.28. The number of amides is 1. The van der Waals surface area contributed by atoms with Gasteiger partial charge in [0.2, 0.25) is 10.0 Å². The topological polar surface area (TPSA) is 92.8 Å². The molecule has 1 N–H and O–H groups in total. The number of nitrogens with one attached hydrogen (secondary N) is 1. The second-order valence-electron chi connectivity index (χ2n) is 7.58. The number of carbonyl (C=O) groups is 2. The lowest BCUT2D eigenvalue weighted by Crippen LogP contribution is -2.42. The van der Waals surface area contributed by atoms with Gasteiger partial charge in [0.1, 0.15) is 0 Å². The molecule has 0 aromatic heterocycles. The first-order valence-corrected chi connectivity index (χ1v) is 11.7. The molecule has 29 heavy (non-hydrogen) atoms. The SMILES string of the molecule is CCN(CC)S(=O)(=O)c1ccc(C)c(C(=O)OCC(=O)N[C@@H]2CCCC[C@H]2C)c1. The van der Waals surface area contributed by atoms with Crippen molar-refractivity contribution in [1.29, 1.82) is 0 Å². The molecule has 1 aromatic carbocycles. The normalized spacial score (nSPS) is 19.8. The minimum absolute atomic E-state index is 0.0410. The molecule has 0 aliphatic heterocycles.